The van der Waals surface area contributed by atoms with Crippen LogP contribution in [-0.4, -0.2) is 34.6 Å². The van der Waals surface area contributed by atoms with Crippen molar-refractivity contribution >= 4 is 17.3 Å². The van der Waals surface area contributed by atoms with E-state index in [1.165, 1.54) is 6.07 Å². The fourth-order valence-electron chi connectivity index (χ4n) is 2.69. The van der Waals surface area contributed by atoms with Crippen LogP contribution in [0.3, 0.4) is 0 Å². The van der Waals surface area contributed by atoms with Crippen molar-refractivity contribution < 1.29 is 14.8 Å². The summed E-state index contributed by atoms with van der Waals surface area (Å²) in [6.45, 7) is 5.99. The third kappa shape index (κ3) is 5.19. The minimum absolute atomic E-state index is 0.0854. The Hall–Kier alpha value is -2.15. The molecule has 1 amide bonds. The van der Waals surface area contributed by atoms with E-state index in [9.17, 15) is 20.0 Å². The van der Waals surface area contributed by atoms with Gasteiger partial charge in [0.2, 0.25) is 0 Å². The van der Waals surface area contributed by atoms with Gasteiger partial charge in [0.25, 0.3) is 11.6 Å². The van der Waals surface area contributed by atoms with Gasteiger partial charge in [-0.15, -0.1) is 0 Å². The predicted molar refractivity (Wildman–Crippen MR) is 92.2 cm³/mol. The normalized spacial score (nSPS) is 15.7. The van der Waals surface area contributed by atoms with Crippen LogP contribution in [0.15, 0.2) is 18.2 Å². The molecule has 1 aliphatic rings. The zero-order chi connectivity index (χ0) is 17.9. The Morgan fingerprint density at radius 2 is 2.12 bits per heavy atom. The molecule has 1 saturated carbocycles. The Bertz CT molecular complexity index is 624. The number of aliphatic hydroxyl groups excluding tert-OH is 1. The van der Waals surface area contributed by atoms with E-state index in [-0.39, 0.29) is 22.6 Å². The van der Waals surface area contributed by atoms with Crippen molar-refractivity contribution in [3.05, 3.63) is 33.9 Å². The molecule has 0 spiro atoms. The van der Waals surface area contributed by atoms with E-state index >= 15 is 0 Å². The maximum atomic E-state index is 12.3. The molecule has 0 heterocycles. The van der Waals surface area contributed by atoms with E-state index in [0.29, 0.717) is 24.7 Å². The lowest BCUT2D eigenvalue weighted by Gasteiger charge is -2.26. The lowest BCUT2D eigenvalue weighted by molar-refractivity contribution is -0.384. The van der Waals surface area contributed by atoms with Crippen molar-refractivity contribution in [2.24, 2.45) is 5.41 Å². The van der Waals surface area contributed by atoms with Gasteiger partial charge < -0.3 is 15.7 Å². The number of nitro groups is 1. The molecule has 2 rings (SSSR count). The van der Waals surface area contributed by atoms with Crippen molar-refractivity contribution in [2.75, 3.05) is 11.9 Å². The number of benzene rings is 1. The number of carbonyl (C=O) groups excluding carboxylic acids is 1. The van der Waals surface area contributed by atoms with E-state index in [1.54, 1.807) is 19.1 Å². The second-order valence-corrected chi connectivity index (χ2v) is 7.31. The molecule has 0 saturated heterocycles. The van der Waals surface area contributed by atoms with Crippen LogP contribution < -0.4 is 10.6 Å². The number of nitrogens with zero attached hydrogens (tertiary/aromatic N) is 1. The molecule has 1 aromatic rings. The second-order valence-electron chi connectivity index (χ2n) is 7.31. The maximum Gasteiger partial charge on any atom is 0.293 e. The first-order chi connectivity index (χ1) is 11.2. The van der Waals surface area contributed by atoms with Crippen molar-refractivity contribution in [1.82, 2.24) is 5.32 Å². The predicted octanol–water partition coefficient (Wildman–Crippen LogP) is 2.70. The molecule has 0 aromatic heterocycles. The largest absolute Gasteiger partial charge is 0.393 e. The molecule has 1 fully saturated rings. The number of nitro benzene ring substituents is 1. The van der Waals surface area contributed by atoms with Gasteiger partial charge in [0.1, 0.15) is 5.69 Å². The standard InChI is InChI=1S/C17H25N3O4/c1-11(21)9-17(2,3)10-18-16(22)12-4-7-14(19-13-5-6-13)15(8-12)20(23)24/h4,7-8,11,13,19,21H,5-6,9-10H2,1-3H3,(H,18,22). The molecule has 1 atom stereocenters. The minimum Gasteiger partial charge on any atom is -0.393 e. The van der Waals surface area contributed by atoms with Gasteiger partial charge in [0.15, 0.2) is 0 Å². The summed E-state index contributed by atoms with van der Waals surface area (Å²) in [4.78, 5) is 23.1. The molecule has 132 valence electrons. The zero-order valence-corrected chi connectivity index (χ0v) is 14.3. The van der Waals surface area contributed by atoms with Crippen LogP contribution in [0.1, 0.15) is 50.4 Å². The summed E-state index contributed by atoms with van der Waals surface area (Å²) in [5.41, 5.74) is 0.366. The van der Waals surface area contributed by atoms with Crippen LogP contribution in [-0.2, 0) is 0 Å². The van der Waals surface area contributed by atoms with Crippen LogP contribution >= 0.6 is 0 Å². The van der Waals surface area contributed by atoms with Gasteiger partial charge in [-0.05, 0) is 43.7 Å². The van der Waals surface area contributed by atoms with Crippen LogP contribution in [0.5, 0.6) is 0 Å². The van der Waals surface area contributed by atoms with Gasteiger partial charge in [-0.25, -0.2) is 0 Å². The Kier molecular flexibility index (Phi) is 5.43. The molecule has 7 heteroatoms. The third-order valence-electron chi connectivity index (χ3n) is 3.97. The smallest absolute Gasteiger partial charge is 0.293 e. The Balaban J connectivity index is 2.06. The SMILES string of the molecule is CC(O)CC(C)(C)CNC(=O)c1ccc(NC2CC2)c([N+](=O)[O-])c1. The fourth-order valence-corrected chi connectivity index (χ4v) is 2.69. The fraction of sp³-hybridized carbons (Fsp3) is 0.588. The first-order valence-corrected chi connectivity index (χ1v) is 8.19. The van der Waals surface area contributed by atoms with Crippen molar-refractivity contribution in [1.29, 1.82) is 0 Å². The monoisotopic (exact) mass is 335 g/mol. The second kappa shape index (κ2) is 7.17. The first kappa shape index (κ1) is 18.2. The molecular formula is C17H25N3O4. The highest BCUT2D eigenvalue weighted by molar-refractivity contribution is 5.95. The highest BCUT2D eigenvalue weighted by atomic mass is 16.6. The van der Waals surface area contributed by atoms with Crippen LogP contribution in [0, 0.1) is 15.5 Å². The molecule has 24 heavy (non-hydrogen) atoms. The van der Waals surface area contributed by atoms with E-state index < -0.39 is 11.0 Å². The van der Waals surface area contributed by atoms with Crippen molar-refractivity contribution in [3.8, 4) is 0 Å². The van der Waals surface area contributed by atoms with Gasteiger partial charge in [-0.2, -0.15) is 0 Å². The number of carbonyl (C=O) groups is 1. The molecule has 1 aliphatic carbocycles. The number of hydrogen-bond acceptors (Lipinski definition) is 5. The highest BCUT2D eigenvalue weighted by Gasteiger charge is 2.26. The van der Waals surface area contributed by atoms with E-state index in [4.69, 9.17) is 0 Å². The number of amides is 1. The summed E-state index contributed by atoms with van der Waals surface area (Å²) in [5, 5.41) is 26.6. The topological polar surface area (TPSA) is 104 Å². The number of aliphatic hydroxyl groups is 1. The molecule has 0 bridgehead atoms. The molecule has 1 aromatic carbocycles. The lowest BCUT2D eigenvalue weighted by atomic mass is 9.87. The molecule has 0 aliphatic heterocycles. The van der Waals surface area contributed by atoms with Gasteiger partial charge in [0.05, 0.1) is 11.0 Å². The van der Waals surface area contributed by atoms with Crippen LogP contribution in [0.4, 0.5) is 11.4 Å². The Labute approximate surface area is 141 Å². The van der Waals surface area contributed by atoms with Crippen LogP contribution in [0.25, 0.3) is 0 Å². The van der Waals surface area contributed by atoms with Crippen molar-refractivity contribution in [2.45, 2.75) is 52.2 Å². The summed E-state index contributed by atoms with van der Waals surface area (Å²) in [6, 6.07) is 4.78. The Morgan fingerprint density at radius 3 is 2.67 bits per heavy atom. The molecular weight excluding hydrogens is 310 g/mol. The van der Waals surface area contributed by atoms with Gasteiger partial charge >= 0.3 is 0 Å². The maximum absolute atomic E-state index is 12.3. The van der Waals surface area contributed by atoms with E-state index in [0.717, 1.165) is 12.8 Å². The summed E-state index contributed by atoms with van der Waals surface area (Å²) in [5.74, 6) is -0.352. The van der Waals surface area contributed by atoms with Gasteiger partial charge in [-0.1, -0.05) is 13.8 Å². The highest BCUT2D eigenvalue weighted by Crippen LogP contribution is 2.31. The lowest BCUT2D eigenvalue weighted by Crippen LogP contribution is -2.35. The third-order valence-corrected chi connectivity index (χ3v) is 3.97. The summed E-state index contributed by atoms with van der Waals surface area (Å²) < 4.78 is 0. The van der Waals surface area contributed by atoms with Gasteiger partial charge in [-0.3, -0.25) is 14.9 Å². The Morgan fingerprint density at radius 1 is 1.46 bits per heavy atom. The van der Waals surface area contributed by atoms with Gasteiger partial charge in [0, 0.05) is 24.2 Å². The van der Waals surface area contributed by atoms with E-state index in [1.807, 2.05) is 13.8 Å². The molecule has 7 nitrogen and oxygen atoms in total. The average molecular weight is 335 g/mol. The van der Waals surface area contributed by atoms with E-state index in [2.05, 4.69) is 10.6 Å². The number of hydrogen-bond donors (Lipinski definition) is 3. The molecule has 3 N–H and O–H groups in total. The number of nitrogens with one attached hydrogen (secondary N) is 2. The number of anilines is 1. The molecule has 1 unspecified atom stereocenters. The quantitative estimate of drug-likeness (QED) is 0.500. The first-order valence-electron chi connectivity index (χ1n) is 8.19. The average Bonchev–Trinajstić information content (AvgIpc) is 3.27. The summed E-state index contributed by atoms with van der Waals surface area (Å²) in [7, 11) is 0. The zero-order valence-electron chi connectivity index (χ0n) is 14.3. The summed E-state index contributed by atoms with van der Waals surface area (Å²) in [6.07, 6.45) is 2.12. The molecule has 0 radical (unpaired) electrons. The minimum atomic E-state index is -0.473. The number of rotatable bonds is 8. The van der Waals surface area contributed by atoms with Crippen LogP contribution in [0.2, 0.25) is 0 Å². The summed E-state index contributed by atoms with van der Waals surface area (Å²) >= 11 is 0. The van der Waals surface area contributed by atoms with Crippen molar-refractivity contribution in [3.63, 3.8) is 0 Å².